The van der Waals surface area contributed by atoms with Crippen molar-refractivity contribution in [3.05, 3.63) is 32.6 Å². The maximum absolute atomic E-state index is 6.08. The molecule has 0 aliphatic carbocycles. The summed E-state index contributed by atoms with van der Waals surface area (Å²) in [4.78, 5) is 13.1. The highest BCUT2D eigenvalue weighted by molar-refractivity contribution is 7.09. The molecule has 0 aliphatic heterocycles. The summed E-state index contributed by atoms with van der Waals surface area (Å²) in [5.74, 6) is 1.54. The topological polar surface area (TPSA) is 50.7 Å². The fraction of sp³-hybridized carbons (Fsp3) is 0.417. The zero-order chi connectivity index (χ0) is 13.1. The summed E-state index contributed by atoms with van der Waals surface area (Å²) >= 11 is 7.72. The lowest BCUT2D eigenvalue weighted by Crippen LogP contribution is -2.07. The molecule has 2 heterocycles. The summed E-state index contributed by atoms with van der Waals surface area (Å²) < 4.78 is 0. The summed E-state index contributed by atoms with van der Waals surface area (Å²) in [6.07, 6.45) is 0.768. The minimum absolute atomic E-state index is 0.513. The van der Waals surface area contributed by atoms with Gasteiger partial charge >= 0.3 is 0 Å². The summed E-state index contributed by atoms with van der Waals surface area (Å²) in [6, 6.07) is 0. The van der Waals surface area contributed by atoms with Gasteiger partial charge in [-0.15, -0.1) is 11.3 Å². The lowest BCUT2D eigenvalue weighted by Gasteiger charge is -2.09. The van der Waals surface area contributed by atoms with Gasteiger partial charge in [0.25, 0.3) is 0 Å². The van der Waals surface area contributed by atoms with E-state index in [1.807, 2.05) is 26.2 Å². The van der Waals surface area contributed by atoms with Crippen molar-refractivity contribution < 1.29 is 0 Å². The third kappa shape index (κ3) is 2.97. The Balaban J connectivity index is 2.15. The third-order valence-electron chi connectivity index (χ3n) is 2.55. The molecule has 2 aromatic heterocycles. The van der Waals surface area contributed by atoms with Crippen molar-refractivity contribution in [2.24, 2.45) is 0 Å². The number of aryl methyl sites for hydroxylation is 2. The molecular weight excluding hydrogens is 268 g/mol. The van der Waals surface area contributed by atoms with E-state index in [0.29, 0.717) is 11.7 Å². The number of thiazole rings is 1. The van der Waals surface area contributed by atoms with E-state index in [2.05, 4.69) is 20.3 Å². The SMILES string of the molecule is CCc1nc(Cl)c(C)c(NCc2csc(C)n2)n1. The first-order chi connectivity index (χ1) is 8.60. The first-order valence-electron chi connectivity index (χ1n) is 5.78. The Labute approximate surface area is 115 Å². The Morgan fingerprint density at radius 2 is 2.06 bits per heavy atom. The van der Waals surface area contributed by atoms with Crippen LogP contribution >= 0.6 is 22.9 Å². The highest BCUT2D eigenvalue weighted by atomic mass is 35.5. The molecule has 0 saturated carbocycles. The zero-order valence-corrected chi connectivity index (χ0v) is 12.2. The maximum Gasteiger partial charge on any atom is 0.137 e. The smallest absolute Gasteiger partial charge is 0.137 e. The number of nitrogens with zero attached hydrogens (tertiary/aromatic N) is 3. The largest absolute Gasteiger partial charge is 0.364 e. The molecule has 0 amide bonds. The number of hydrogen-bond acceptors (Lipinski definition) is 5. The molecule has 6 heteroatoms. The van der Waals surface area contributed by atoms with Crippen LogP contribution in [-0.2, 0) is 13.0 Å². The van der Waals surface area contributed by atoms with Crippen LogP contribution in [0.25, 0.3) is 0 Å². The molecule has 96 valence electrons. The monoisotopic (exact) mass is 282 g/mol. The van der Waals surface area contributed by atoms with Gasteiger partial charge in [-0.05, 0) is 13.8 Å². The molecule has 0 unspecified atom stereocenters. The van der Waals surface area contributed by atoms with Crippen molar-refractivity contribution in [3.63, 3.8) is 0 Å². The zero-order valence-electron chi connectivity index (χ0n) is 10.6. The Hall–Kier alpha value is -1.20. The molecule has 0 spiro atoms. The number of rotatable bonds is 4. The first-order valence-corrected chi connectivity index (χ1v) is 7.03. The standard InChI is InChI=1S/C12H15ClN4S/c1-4-10-16-11(13)7(2)12(17-10)14-5-9-6-18-8(3)15-9/h6H,4-5H2,1-3H3,(H,14,16,17). The van der Waals surface area contributed by atoms with E-state index in [4.69, 9.17) is 11.6 Å². The van der Waals surface area contributed by atoms with Crippen LogP contribution in [0.1, 0.15) is 29.0 Å². The summed E-state index contributed by atoms with van der Waals surface area (Å²) in [7, 11) is 0. The van der Waals surface area contributed by atoms with Gasteiger partial charge in [-0.2, -0.15) is 0 Å². The summed E-state index contributed by atoms with van der Waals surface area (Å²) in [5, 5.41) is 6.89. The van der Waals surface area contributed by atoms with Crippen LogP contribution in [0.5, 0.6) is 0 Å². The van der Waals surface area contributed by atoms with E-state index in [-0.39, 0.29) is 0 Å². The van der Waals surface area contributed by atoms with Crippen molar-refractivity contribution in [3.8, 4) is 0 Å². The van der Waals surface area contributed by atoms with Gasteiger partial charge in [-0.3, -0.25) is 0 Å². The second-order valence-corrected chi connectivity index (χ2v) is 5.39. The Bertz CT molecular complexity index is 553. The first kappa shape index (κ1) is 13.2. The highest BCUT2D eigenvalue weighted by Crippen LogP contribution is 2.20. The van der Waals surface area contributed by atoms with Gasteiger partial charge in [0.1, 0.15) is 16.8 Å². The predicted octanol–water partition coefficient (Wildman–Crippen LogP) is 3.38. The van der Waals surface area contributed by atoms with E-state index in [0.717, 1.165) is 34.3 Å². The molecule has 0 aliphatic rings. The molecular formula is C12H15ClN4S. The van der Waals surface area contributed by atoms with Crippen LogP contribution in [-0.4, -0.2) is 15.0 Å². The maximum atomic E-state index is 6.08. The van der Waals surface area contributed by atoms with Crippen LogP contribution in [0.15, 0.2) is 5.38 Å². The third-order valence-corrected chi connectivity index (χ3v) is 3.74. The van der Waals surface area contributed by atoms with E-state index in [1.165, 1.54) is 0 Å². The summed E-state index contributed by atoms with van der Waals surface area (Å²) in [5.41, 5.74) is 1.89. The molecule has 0 radical (unpaired) electrons. The molecule has 2 aromatic rings. The lowest BCUT2D eigenvalue weighted by atomic mass is 10.3. The van der Waals surface area contributed by atoms with Gasteiger partial charge in [-0.1, -0.05) is 18.5 Å². The molecule has 18 heavy (non-hydrogen) atoms. The van der Waals surface area contributed by atoms with Gasteiger partial charge < -0.3 is 5.32 Å². The normalized spacial score (nSPS) is 10.7. The van der Waals surface area contributed by atoms with Gasteiger partial charge in [0.15, 0.2) is 0 Å². The Morgan fingerprint density at radius 1 is 1.28 bits per heavy atom. The molecule has 2 rings (SSSR count). The molecule has 0 fully saturated rings. The van der Waals surface area contributed by atoms with Crippen LogP contribution < -0.4 is 5.32 Å². The fourth-order valence-electron chi connectivity index (χ4n) is 1.53. The number of nitrogens with one attached hydrogen (secondary N) is 1. The minimum Gasteiger partial charge on any atom is -0.364 e. The van der Waals surface area contributed by atoms with Crippen molar-refractivity contribution in [1.82, 2.24) is 15.0 Å². The molecule has 4 nitrogen and oxygen atoms in total. The van der Waals surface area contributed by atoms with E-state index < -0.39 is 0 Å². The second kappa shape index (κ2) is 5.63. The van der Waals surface area contributed by atoms with Crippen LogP contribution in [0.4, 0.5) is 5.82 Å². The molecule has 0 atom stereocenters. The highest BCUT2D eigenvalue weighted by Gasteiger charge is 2.08. The molecule has 0 saturated heterocycles. The number of aromatic nitrogens is 3. The van der Waals surface area contributed by atoms with Crippen LogP contribution in [0.2, 0.25) is 5.15 Å². The number of hydrogen-bond donors (Lipinski definition) is 1. The Kier molecular flexibility index (Phi) is 4.14. The van der Waals surface area contributed by atoms with Crippen LogP contribution in [0.3, 0.4) is 0 Å². The number of halogens is 1. The van der Waals surface area contributed by atoms with Gasteiger partial charge in [0.05, 0.1) is 17.2 Å². The van der Waals surface area contributed by atoms with Crippen molar-refractivity contribution in [2.75, 3.05) is 5.32 Å². The number of anilines is 1. The summed E-state index contributed by atoms with van der Waals surface area (Å²) in [6.45, 7) is 6.57. The lowest BCUT2D eigenvalue weighted by molar-refractivity contribution is 0.918. The van der Waals surface area contributed by atoms with E-state index in [9.17, 15) is 0 Å². The average Bonchev–Trinajstić information content (AvgIpc) is 2.77. The van der Waals surface area contributed by atoms with Crippen molar-refractivity contribution >= 4 is 28.8 Å². The fourth-order valence-corrected chi connectivity index (χ4v) is 2.33. The van der Waals surface area contributed by atoms with Crippen LogP contribution in [0, 0.1) is 13.8 Å². The molecule has 1 N–H and O–H groups in total. The van der Waals surface area contributed by atoms with Gasteiger partial charge in [0, 0.05) is 17.4 Å². The van der Waals surface area contributed by atoms with E-state index >= 15 is 0 Å². The molecule has 0 bridgehead atoms. The predicted molar refractivity (Wildman–Crippen MR) is 75.3 cm³/mol. The van der Waals surface area contributed by atoms with Crippen molar-refractivity contribution in [1.29, 1.82) is 0 Å². The van der Waals surface area contributed by atoms with Gasteiger partial charge in [0.2, 0.25) is 0 Å². The van der Waals surface area contributed by atoms with E-state index in [1.54, 1.807) is 11.3 Å². The quantitative estimate of drug-likeness (QED) is 0.874. The van der Waals surface area contributed by atoms with Crippen molar-refractivity contribution in [2.45, 2.75) is 33.7 Å². The molecule has 0 aromatic carbocycles. The second-order valence-electron chi connectivity index (χ2n) is 3.97. The minimum atomic E-state index is 0.513. The Morgan fingerprint density at radius 3 is 2.67 bits per heavy atom. The van der Waals surface area contributed by atoms with Gasteiger partial charge in [-0.25, -0.2) is 15.0 Å². The average molecular weight is 283 g/mol.